The summed E-state index contributed by atoms with van der Waals surface area (Å²) in [6.45, 7) is 3.14. The molecule has 0 saturated heterocycles. The largest absolute Gasteiger partial charge is 0.493 e. The van der Waals surface area contributed by atoms with Gasteiger partial charge in [-0.25, -0.2) is 0 Å². The Kier molecular flexibility index (Phi) is 8.96. The van der Waals surface area contributed by atoms with Gasteiger partial charge in [0.05, 0.1) is 13.2 Å². The molecule has 0 fully saturated rings. The Morgan fingerprint density at radius 1 is 0.846 bits per heavy atom. The van der Waals surface area contributed by atoms with Gasteiger partial charge in [-0.05, 0) is 61.1 Å². The predicted molar refractivity (Wildman–Crippen MR) is 148 cm³/mol. The van der Waals surface area contributed by atoms with Crippen LogP contribution in [-0.2, 0) is 24.3 Å². The lowest BCUT2D eigenvalue weighted by atomic mass is 10.0. The molecule has 0 aromatic heterocycles. The van der Waals surface area contributed by atoms with Crippen LogP contribution in [0, 0.1) is 0 Å². The van der Waals surface area contributed by atoms with Crippen molar-refractivity contribution in [2.24, 2.45) is 0 Å². The zero-order chi connectivity index (χ0) is 26.9. The monoisotopic (exact) mass is 529 g/mol. The van der Waals surface area contributed by atoms with Gasteiger partial charge >= 0.3 is 0 Å². The Balaban J connectivity index is 1.34. The van der Waals surface area contributed by atoms with Crippen LogP contribution < -0.4 is 24.8 Å². The van der Waals surface area contributed by atoms with Crippen molar-refractivity contribution in [3.8, 4) is 17.2 Å². The molecule has 0 aliphatic carbocycles. The highest BCUT2D eigenvalue weighted by Gasteiger charge is 2.21. The standard InChI is InChI=1S/C31H35N3O5/c35-30-21-34(19-24-8-3-1-4-9-24)20-26-25(10-7-11-27(26)37-17-6-2-5-15-32-30)31(36)33-16-14-23-12-13-28-29(18-23)39-22-38-28/h1,3-4,7-13,18H,2,5-6,14-17,19-22H2,(H,32,35)(H,33,36). The van der Waals surface area contributed by atoms with Crippen molar-refractivity contribution in [1.29, 1.82) is 0 Å². The lowest BCUT2D eigenvalue weighted by molar-refractivity contribution is -0.122. The summed E-state index contributed by atoms with van der Waals surface area (Å²) in [5.74, 6) is 1.99. The van der Waals surface area contributed by atoms with Gasteiger partial charge in [0.1, 0.15) is 5.75 Å². The number of benzene rings is 3. The molecule has 0 bridgehead atoms. The van der Waals surface area contributed by atoms with Crippen molar-refractivity contribution in [1.82, 2.24) is 15.5 Å². The molecule has 3 aromatic rings. The van der Waals surface area contributed by atoms with Crippen molar-refractivity contribution in [2.45, 2.75) is 38.8 Å². The molecular weight excluding hydrogens is 494 g/mol. The Morgan fingerprint density at radius 3 is 2.62 bits per heavy atom. The van der Waals surface area contributed by atoms with Crippen molar-refractivity contribution >= 4 is 11.8 Å². The number of hydrogen-bond donors (Lipinski definition) is 2. The third kappa shape index (κ3) is 7.29. The average Bonchev–Trinajstić information content (AvgIpc) is 3.41. The molecule has 8 nitrogen and oxygen atoms in total. The van der Waals surface area contributed by atoms with E-state index in [-0.39, 0.29) is 25.2 Å². The number of amides is 2. The second-order valence-corrected chi connectivity index (χ2v) is 9.87. The van der Waals surface area contributed by atoms with Crippen molar-refractivity contribution < 1.29 is 23.8 Å². The molecule has 2 N–H and O–H groups in total. The highest BCUT2D eigenvalue weighted by molar-refractivity contribution is 5.96. The van der Waals surface area contributed by atoms with Gasteiger partial charge in [0.25, 0.3) is 5.91 Å². The van der Waals surface area contributed by atoms with Crippen LogP contribution in [0.3, 0.4) is 0 Å². The molecule has 2 aliphatic rings. The SMILES string of the molecule is O=C1CN(Cc2ccccc2)Cc2c(cccc2C(=O)NCCc2ccc3c(c2)OCO3)OCCCCCN1. The molecule has 0 spiro atoms. The molecule has 204 valence electrons. The molecule has 3 aromatic carbocycles. The fraction of sp³-hybridized carbons (Fsp3) is 0.355. The lowest BCUT2D eigenvalue weighted by Gasteiger charge is -2.24. The van der Waals surface area contributed by atoms with Gasteiger partial charge in [0, 0.05) is 37.3 Å². The number of ether oxygens (including phenoxy) is 3. The highest BCUT2D eigenvalue weighted by Crippen LogP contribution is 2.32. The minimum absolute atomic E-state index is 0.0155. The maximum atomic E-state index is 13.4. The third-order valence-corrected chi connectivity index (χ3v) is 6.91. The molecule has 39 heavy (non-hydrogen) atoms. The highest BCUT2D eigenvalue weighted by atomic mass is 16.7. The molecular formula is C31H35N3O5. The van der Waals surface area contributed by atoms with E-state index in [2.05, 4.69) is 15.5 Å². The first-order valence-corrected chi connectivity index (χ1v) is 13.6. The Morgan fingerprint density at radius 2 is 1.72 bits per heavy atom. The first kappa shape index (κ1) is 26.6. The smallest absolute Gasteiger partial charge is 0.251 e. The van der Waals surface area contributed by atoms with E-state index in [1.165, 1.54) is 0 Å². The molecule has 8 heteroatoms. The molecule has 0 unspecified atom stereocenters. The summed E-state index contributed by atoms with van der Waals surface area (Å²) in [4.78, 5) is 28.3. The van der Waals surface area contributed by atoms with Crippen LogP contribution in [-0.4, -0.2) is 49.7 Å². The first-order chi connectivity index (χ1) is 19.2. The molecule has 5 rings (SSSR count). The van der Waals surface area contributed by atoms with Crippen molar-refractivity contribution in [3.63, 3.8) is 0 Å². The Labute approximate surface area is 229 Å². The van der Waals surface area contributed by atoms with Crippen molar-refractivity contribution in [2.75, 3.05) is 33.0 Å². The van der Waals surface area contributed by atoms with Crippen LogP contribution in [0.25, 0.3) is 0 Å². The topological polar surface area (TPSA) is 89.1 Å². The van der Waals surface area contributed by atoms with Gasteiger partial charge < -0.3 is 24.8 Å². The van der Waals surface area contributed by atoms with Crippen LogP contribution in [0.15, 0.2) is 66.7 Å². The summed E-state index contributed by atoms with van der Waals surface area (Å²) in [6, 6.07) is 21.5. The second kappa shape index (κ2) is 13.2. The molecule has 0 saturated carbocycles. The van der Waals surface area contributed by atoms with Crippen LogP contribution >= 0.6 is 0 Å². The van der Waals surface area contributed by atoms with Crippen LogP contribution in [0.2, 0.25) is 0 Å². The van der Waals surface area contributed by atoms with E-state index in [4.69, 9.17) is 14.2 Å². The fourth-order valence-corrected chi connectivity index (χ4v) is 4.89. The first-order valence-electron chi connectivity index (χ1n) is 13.6. The maximum Gasteiger partial charge on any atom is 0.251 e. The van der Waals surface area contributed by atoms with Crippen LogP contribution in [0.4, 0.5) is 0 Å². The zero-order valence-corrected chi connectivity index (χ0v) is 22.1. The second-order valence-electron chi connectivity index (χ2n) is 9.87. The van der Waals surface area contributed by atoms with E-state index in [0.29, 0.717) is 50.5 Å². The molecule has 0 radical (unpaired) electrons. The number of hydrogen-bond acceptors (Lipinski definition) is 6. The van der Waals surface area contributed by atoms with Gasteiger partial charge in [0.15, 0.2) is 11.5 Å². The van der Waals surface area contributed by atoms with E-state index in [1.807, 2.05) is 66.7 Å². The van der Waals surface area contributed by atoms with E-state index in [0.717, 1.165) is 47.5 Å². The summed E-state index contributed by atoms with van der Waals surface area (Å²) in [7, 11) is 0. The quantitative estimate of drug-likeness (QED) is 0.501. The normalized spacial score (nSPS) is 16.1. The molecule has 2 aliphatic heterocycles. The Bertz CT molecular complexity index is 1280. The number of carbonyl (C=O) groups excluding carboxylic acids is 2. The fourth-order valence-electron chi connectivity index (χ4n) is 4.89. The average molecular weight is 530 g/mol. The number of rotatable bonds is 6. The summed E-state index contributed by atoms with van der Waals surface area (Å²) < 4.78 is 17.0. The number of fused-ring (bicyclic) bond motifs is 2. The van der Waals surface area contributed by atoms with Gasteiger partial charge in [-0.3, -0.25) is 14.5 Å². The molecule has 0 atom stereocenters. The number of nitrogens with zero attached hydrogens (tertiary/aromatic N) is 1. The minimum atomic E-state index is -0.162. The Hall–Kier alpha value is -4.04. The summed E-state index contributed by atoms with van der Waals surface area (Å²) in [5.41, 5.74) is 3.51. The minimum Gasteiger partial charge on any atom is -0.493 e. The van der Waals surface area contributed by atoms with Gasteiger partial charge in [-0.15, -0.1) is 0 Å². The number of nitrogens with one attached hydrogen (secondary N) is 2. The lowest BCUT2D eigenvalue weighted by Crippen LogP contribution is -2.37. The summed E-state index contributed by atoms with van der Waals surface area (Å²) in [6.07, 6.45) is 3.42. The van der Waals surface area contributed by atoms with Crippen LogP contribution in [0.5, 0.6) is 17.2 Å². The van der Waals surface area contributed by atoms with E-state index in [9.17, 15) is 9.59 Å². The number of carbonyl (C=O) groups is 2. The summed E-state index contributed by atoms with van der Waals surface area (Å²) >= 11 is 0. The summed E-state index contributed by atoms with van der Waals surface area (Å²) in [5, 5.41) is 6.11. The predicted octanol–water partition coefficient (Wildman–Crippen LogP) is 4.07. The van der Waals surface area contributed by atoms with Crippen molar-refractivity contribution in [3.05, 3.63) is 89.0 Å². The third-order valence-electron chi connectivity index (χ3n) is 6.91. The van der Waals surface area contributed by atoms with Gasteiger partial charge in [-0.2, -0.15) is 0 Å². The maximum absolute atomic E-state index is 13.4. The van der Waals surface area contributed by atoms with Crippen LogP contribution in [0.1, 0.15) is 46.3 Å². The zero-order valence-electron chi connectivity index (χ0n) is 22.1. The molecule has 2 heterocycles. The van der Waals surface area contributed by atoms with E-state index in [1.54, 1.807) is 0 Å². The van der Waals surface area contributed by atoms with E-state index >= 15 is 0 Å². The van der Waals surface area contributed by atoms with Gasteiger partial charge in [-0.1, -0.05) is 42.5 Å². The van der Waals surface area contributed by atoms with E-state index < -0.39 is 0 Å². The van der Waals surface area contributed by atoms with Gasteiger partial charge in [0.2, 0.25) is 12.7 Å². The molecule has 2 amide bonds.